The number of carbonyl (C=O) groups is 1. The summed E-state index contributed by atoms with van der Waals surface area (Å²) in [6.45, 7) is 5.44. The largest absolute Gasteiger partial charge is 0.361 e. The summed E-state index contributed by atoms with van der Waals surface area (Å²) in [7, 11) is -3.66. The van der Waals surface area contributed by atoms with Crippen LogP contribution in [0.5, 0.6) is 0 Å². The van der Waals surface area contributed by atoms with Gasteiger partial charge < -0.3 is 14.4 Å². The molecule has 1 amide bonds. The van der Waals surface area contributed by atoms with Crippen LogP contribution in [0.15, 0.2) is 39.9 Å². The minimum Gasteiger partial charge on any atom is -0.361 e. The molecule has 33 heavy (non-hydrogen) atoms. The smallest absolute Gasteiger partial charge is 0.248 e. The van der Waals surface area contributed by atoms with Gasteiger partial charge in [-0.25, -0.2) is 8.42 Å². The maximum atomic E-state index is 13.2. The number of piperidine rings is 2. The summed E-state index contributed by atoms with van der Waals surface area (Å²) >= 11 is 0. The number of aryl methyl sites for hydroxylation is 2. The number of para-hydroxylation sites is 1. The second-order valence-corrected chi connectivity index (χ2v) is 11.1. The van der Waals surface area contributed by atoms with Crippen LogP contribution in [0, 0.1) is 19.8 Å². The van der Waals surface area contributed by atoms with Crippen molar-refractivity contribution in [1.29, 1.82) is 0 Å². The number of nitrogens with zero attached hydrogens (tertiary/aromatic N) is 3. The Labute approximate surface area is 194 Å². The zero-order valence-electron chi connectivity index (χ0n) is 19.1. The number of sulfonamides is 1. The van der Waals surface area contributed by atoms with Gasteiger partial charge in [0.1, 0.15) is 10.6 Å². The average Bonchev–Trinajstić information content (AvgIpc) is 3.42. The lowest BCUT2D eigenvalue weighted by atomic mass is 9.88. The Morgan fingerprint density at radius 2 is 1.76 bits per heavy atom. The summed E-state index contributed by atoms with van der Waals surface area (Å²) in [5, 5.41) is 5.05. The van der Waals surface area contributed by atoms with E-state index >= 15 is 0 Å². The molecule has 8 nitrogen and oxygen atoms in total. The molecule has 4 heterocycles. The van der Waals surface area contributed by atoms with E-state index in [4.69, 9.17) is 4.52 Å². The second-order valence-electron chi connectivity index (χ2n) is 9.22. The molecule has 0 saturated carbocycles. The Morgan fingerprint density at radius 1 is 1.06 bits per heavy atom. The van der Waals surface area contributed by atoms with E-state index in [-0.39, 0.29) is 16.7 Å². The molecule has 0 atom stereocenters. The quantitative estimate of drug-likeness (QED) is 0.628. The van der Waals surface area contributed by atoms with Gasteiger partial charge in [-0.1, -0.05) is 23.4 Å². The summed E-state index contributed by atoms with van der Waals surface area (Å²) < 4.78 is 32.6. The molecule has 176 valence electrons. The monoisotopic (exact) mass is 470 g/mol. The lowest BCUT2D eigenvalue weighted by molar-refractivity contribution is -0.137. The van der Waals surface area contributed by atoms with E-state index in [0.717, 1.165) is 31.4 Å². The first kappa shape index (κ1) is 22.2. The van der Waals surface area contributed by atoms with Gasteiger partial charge in [-0.05, 0) is 57.1 Å². The molecule has 2 aliphatic rings. The number of aromatic nitrogens is 2. The van der Waals surface area contributed by atoms with Crippen molar-refractivity contribution in [2.45, 2.75) is 50.3 Å². The van der Waals surface area contributed by atoms with Crippen LogP contribution >= 0.6 is 0 Å². The third-order valence-electron chi connectivity index (χ3n) is 7.24. The zero-order chi connectivity index (χ0) is 23.2. The normalized spacial score (nSPS) is 19.4. The fraction of sp³-hybridized carbons (Fsp3) is 0.500. The average molecular weight is 471 g/mol. The van der Waals surface area contributed by atoms with Gasteiger partial charge in [-0.2, -0.15) is 4.31 Å². The highest BCUT2D eigenvalue weighted by Crippen LogP contribution is 2.34. The number of likely N-dealkylation sites (tertiary alicyclic amines) is 1. The van der Waals surface area contributed by atoms with E-state index in [1.54, 1.807) is 13.8 Å². The molecule has 1 aromatic carbocycles. The van der Waals surface area contributed by atoms with Gasteiger partial charge in [-0.3, -0.25) is 4.79 Å². The second kappa shape index (κ2) is 8.61. The number of carbonyl (C=O) groups excluding carboxylic acids is 1. The van der Waals surface area contributed by atoms with Crippen LogP contribution < -0.4 is 0 Å². The minimum absolute atomic E-state index is 0.120. The molecule has 2 saturated heterocycles. The van der Waals surface area contributed by atoms with E-state index in [2.05, 4.69) is 34.5 Å². The Hall–Kier alpha value is -2.65. The Morgan fingerprint density at radius 3 is 2.42 bits per heavy atom. The van der Waals surface area contributed by atoms with E-state index in [1.165, 1.54) is 15.3 Å². The summed E-state index contributed by atoms with van der Waals surface area (Å²) in [5.41, 5.74) is 2.88. The number of hydrogen-bond donors (Lipinski definition) is 1. The van der Waals surface area contributed by atoms with Gasteiger partial charge in [-0.15, -0.1) is 0 Å². The molecular weight excluding hydrogens is 440 g/mol. The molecule has 0 spiro atoms. The lowest BCUT2D eigenvalue weighted by Crippen LogP contribution is -2.46. The van der Waals surface area contributed by atoms with Gasteiger partial charge in [0.25, 0.3) is 0 Å². The van der Waals surface area contributed by atoms with Crippen molar-refractivity contribution in [3.63, 3.8) is 0 Å². The SMILES string of the molecule is Cc1noc(C)c1S(=O)(=O)N1CCC(C(=O)N2CCC(c3c[nH]c4ccccc34)CC2)CC1. The molecule has 0 unspecified atom stereocenters. The summed E-state index contributed by atoms with van der Waals surface area (Å²) in [5.74, 6) is 0.809. The minimum atomic E-state index is -3.66. The summed E-state index contributed by atoms with van der Waals surface area (Å²) in [6, 6.07) is 8.35. The van der Waals surface area contributed by atoms with Gasteiger partial charge in [0, 0.05) is 49.2 Å². The standard InChI is InChI=1S/C24H30N4O4S/c1-16-23(17(2)32-26-16)33(30,31)28-13-9-19(10-14-28)24(29)27-11-7-18(8-12-27)21-15-25-22-6-4-3-5-20(21)22/h3-6,15,18-19,25H,7-14H2,1-2H3. The predicted molar refractivity (Wildman–Crippen MR) is 124 cm³/mol. The van der Waals surface area contributed by atoms with Crippen molar-refractivity contribution in [3.8, 4) is 0 Å². The summed E-state index contributed by atoms with van der Waals surface area (Å²) in [4.78, 5) is 18.7. The number of H-pyrrole nitrogens is 1. The Kier molecular flexibility index (Phi) is 5.78. The number of nitrogens with one attached hydrogen (secondary N) is 1. The van der Waals surface area contributed by atoms with Crippen molar-refractivity contribution >= 4 is 26.8 Å². The lowest BCUT2D eigenvalue weighted by Gasteiger charge is -2.37. The van der Waals surface area contributed by atoms with Gasteiger partial charge in [0.05, 0.1) is 0 Å². The Balaban J connectivity index is 1.18. The number of hydrogen-bond acceptors (Lipinski definition) is 5. The van der Waals surface area contributed by atoms with Crippen LogP contribution in [0.25, 0.3) is 10.9 Å². The van der Waals surface area contributed by atoms with Gasteiger partial charge in [0.2, 0.25) is 15.9 Å². The first-order chi connectivity index (χ1) is 15.9. The molecule has 5 rings (SSSR count). The maximum Gasteiger partial charge on any atom is 0.248 e. The highest BCUT2D eigenvalue weighted by atomic mass is 32.2. The van der Waals surface area contributed by atoms with Crippen molar-refractivity contribution in [2.75, 3.05) is 26.2 Å². The topological polar surface area (TPSA) is 99.5 Å². The van der Waals surface area contributed by atoms with Crippen molar-refractivity contribution in [1.82, 2.24) is 19.3 Å². The van der Waals surface area contributed by atoms with E-state index < -0.39 is 10.0 Å². The molecule has 2 aliphatic heterocycles. The van der Waals surface area contributed by atoms with E-state index in [9.17, 15) is 13.2 Å². The van der Waals surface area contributed by atoms with Gasteiger partial charge in [0.15, 0.2) is 5.76 Å². The molecule has 9 heteroatoms. The number of aromatic amines is 1. The van der Waals surface area contributed by atoms with Crippen molar-refractivity contribution in [3.05, 3.63) is 47.5 Å². The Bertz CT molecular complexity index is 1240. The fourth-order valence-corrected chi connectivity index (χ4v) is 7.18. The van der Waals surface area contributed by atoms with Crippen LogP contribution in [0.4, 0.5) is 0 Å². The van der Waals surface area contributed by atoms with Crippen LogP contribution in [-0.2, 0) is 14.8 Å². The molecule has 0 radical (unpaired) electrons. The number of fused-ring (bicyclic) bond motifs is 1. The van der Waals surface area contributed by atoms with Crippen LogP contribution in [0.1, 0.15) is 48.6 Å². The highest BCUT2D eigenvalue weighted by molar-refractivity contribution is 7.89. The molecule has 2 fully saturated rings. The predicted octanol–water partition coefficient (Wildman–Crippen LogP) is 3.58. The molecule has 0 aliphatic carbocycles. The van der Waals surface area contributed by atoms with Crippen LogP contribution in [0.3, 0.4) is 0 Å². The number of benzene rings is 1. The van der Waals surface area contributed by atoms with Crippen LogP contribution in [-0.4, -0.2) is 59.8 Å². The van der Waals surface area contributed by atoms with Crippen molar-refractivity contribution < 1.29 is 17.7 Å². The van der Waals surface area contributed by atoms with E-state index in [1.807, 2.05) is 11.0 Å². The number of amides is 1. The third-order valence-corrected chi connectivity index (χ3v) is 9.38. The van der Waals surface area contributed by atoms with E-state index in [0.29, 0.717) is 43.3 Å². The highest BCUT2D eigenvalue weighted by Gasteiger charge is 2.37. The molecule has 0 bridgehead atoms. The zero-order valence-corrected chi connectivity index (χ0v) is 19.9. The maximum absolute atomic E-state index is 13.2. The third kappa shape index (κ3) is 3.97. The first-order valence-electron chi connectivity index (χ1n) is 11.6. The molecule has 1 N–H and O–H groups in total. The molecule has 2 aromatic heterocycles. The van der Waals surface area contributed by atoms with Crippen molar-refractivity contribution in [2.24, 2.45) is 5.92 Å². The summed E-state index contributed by atoms with van der Waals surface area (Å²) in [6.07, 6.45) is 5.11. The fourth-order valence-electron chi connectivity index (χ4n) is 5.42. The van der Waals surface area contributed by atoms with Crippen LogP contribution in [0.2, 0.25) is 0 Å². The molecule has 3 aromatic rings. The first-order valence-corrected chi connectivity index (χ1v) is 13.1. The van der Waals surface area contributed by atoms with Gasteiger partial charge >= 0.3 is 0 Å². The number of rotatable bonds is 4. The molecular formula is C24H30N4O4S.